The smallest absolute Gasteiger partial charge is 0.244 e. The first-order chi connectivity index (χ1) is 13.2. The average Bonchev–Trinajstić information content (AvgIpc) is 3.25. The van der Waals surface area contributed by atoms with Crippen molar-refractivity contribution in [3.8, 4) is 0 Å². The van der Waals surface area contributed by atoms with Gasteiger partial charge in [0.05, 0.1) is 0 Å². The van der Waals surface area contributed by atoms with E-state index in [1.54, 1.807) is 0 Å². The number of benzene rings is 1. The standard InChI is InChI=1S/C23H35N3O/c1-19-9-15-25(16-10-19)22(20-7-3-2-4-8-20)23(27)26-17-11-21(12-18-26)24-13-5-6-14-24/h2-4,7-8,19,21-22H,5-6,9-18H2,1H3/t22-/m0/s1. The first kappa shape index (κ1) is 18.9. The zero-order valence-electron chi connectivity index (χ0n) is 16.9. The summed E-state index contributed by atoms with van der Waals surface area (Å²) in [6.07, 6.45) is 7.39. The maximum atomic E-state index is 13.6. The van der Waals surface area contributed by atoms with Gasteiger partial charge in [0.25, 0.3) is 0 Å². The number of carbonyl (C=O) groups is 1. The van der Waals surface area contributed by atoms with Crippen LogP contribution < -0.4 is 0 Å². The fraction of sp³-hybridized carbons (Fsp3) is 0.696. The van der Waals surface area contributed by atoms with Crippen molar-refractivity contribution in [3.05, 3.63) is 35.9 Å². The molecule has 0 radical (unpaired) electrons. The minimum Gasteiger partial charge on any atom is -0.341 e. The van der Waals surface area contributed by atoms with Gasteiger partial charge < -0.3 is 9.80 Å². The highest BCUT2D eigenvalue weighted by Gasteiger charge is 2.35. The SMILES string of the molecule is CC1CCN([C@H](C(=O)N2CCC(N3CCCC3)CC2)c2ccccc2)CC1. The number of piperidine rings is 2. The Hall–Kier alpha value is -1.39. The molecule has 3 aliphatic heterocycles. The van der Waals surface area contributed by atoms with Crippen LogP contribution in [0.2, 0.25) is 0 Å². The zero-order chi connectivity index (χ0) is 18.6. The highest BCUT2D eigenvalue weighted by Crippen LogP contribution is 2.30. The van der Waals surface area contributed by atoms with Gasteiger partial charge in [-0.05, 0) is 76.2 Å². The predicted octanol–water partition coefficient (Wildman–Crippen LogP) is 3.55. The molecule has 4 heteroatoms. The Morgan fingerprint density at radius 1 is 0.889 bits per heavy atom. The van der Waals surface area contributed by atoms with E-state index in [1.165, 1.54) is 44.3 Å². The fourth-order valence-electron chi connectivity index (χ4n) is 5.16. The van der Waals surface area contributed by atoms with E-state index in [-0.39, 0.29) is 6.04 Å². The molecule has 27 heavy (non-hydrogen) atoms. The van der Waals surface area contributed by atoms with Crippen LogP contribution in [-0.4, -0.2) is 65.9 Å². The van der Waals surface area contributed by atoms with E-state index in [0.717, 1.165) is 44.9 Å². The Kier molecular flexibility index (Phi) is 6.14. The second kappa shape index (κ2) is 8.74. The van der Waals surface area contributed by atoms with Crippen molar-refractivity contribution in [3.63, 3.8) is 0 Å². The second-order valence-corrected chi connectivity index (χ2v) is 8.83. The Labute approximate surface area is 164 Å². The lowest BCUT2D eigenvalue weighted by Crippen LogP contribution is -2.50. The van der Waals surface area contributed by atoms with E-state index in [2.05, 4.69) is 45.9 Å². The van der Waals surface area contributed by atoms with Crippen molar-refractivity contribution in [1.29, 1.82) is 0 Å². The van der Waals surface area contributed by atoms with Gasteiger partial charge in [-0.3, -0.25) is 9.69 Å². The Morgan fingerprint density at radius 3 is 2.15 bits per heavy atom. The van der Waals surface area contributed by atoms with Gasteiger partial charge in [-0.15, -0.1) is 0 Å². The fourth-order valence-corrected chi connectivity index (χ4v) is 5.16. The summed E-state index contributed by atoms with van der Waals surface area (Å²) in [5.41, 5.74) is 1.17. The number of nitrogens with zero attached hydrogens (tertiary/aromatic N) is 3. The summed E-state index contributed by atoms with van der Waals surface area (Å²) < 4.78 is 0. The van der Waals surface area contributed by atoms with Crippen LogP contribution in [0.25, 0.3) is 0 Å². The summed E-state index contributed by atoms with van der Waals surface area (Å²) in [6.45, 7) is 8.78. The van der Waals surface area contributed by atoms with E-state index in [1.807, 2.05) is 6.07 Å². The predicted molar refractivity (Wildman–Crippen MR) is 110 cm³/mol. The quantitative estimate of drug-likeness (QED) is 0.812. The molecule has 1 amide bonds. The second-order valence-electron chi connectivity index (χ2n) is 8.83. The molecule has 3 aliphatic rings. The van der Waals surface area contributed by atoms with Crippen LogP contribution in [0.15, 0.2) is 30.3 Å². The van der Waals surface area contributed by atoms with E-state index in [9.17, 15) is 4.79 Å². The maximum Gasteiger partial charge on any atom is 0.244 e. The first-order valence-corrected chi connectivity index (χ1v) is 11.0. The lowest BCUT2D eigenvalue weighted by Gasteiger charge is -2.41. The summed E-state index contributed by atoms with van der Waals surface area (Å²) in [5, 5.41) is 0. The third kappa shape index (κ3) is 4.38. The minimum atomic E-state index is -0.0953. The lowest BCUT2D eigenvalue weighted by atomic mass is 9.94. The number of likely N-dealkylation sites (tertiary alicyclic amines) is 3. The Bertz CT molecular complexity index is 597. The number of hydrogen-bond donors (Lipinski definition) is 0. The van der Waals surface area contributed by atoms with E-state index >= 15 is 0 Å². The zero-order valence-corrected chi connectivity index (χ0v) is 16.9. The van der Waals surface area contributed by atoms with Crippen molar-refractivity contribution >= 4 is 5.91 Å². The maximum absolute atomic E-state index is 13.6. The molecule has 4 nitrogen and oxygen atoms in total. The van der Waals surface area contributed by atoms with E-state index in [0.29, 0.717) is 11.9 Å². The number of hydrogen-bond acceptors (Lipinski definition) is 3. The van der Waals surface area contributed by atoms with Crippen LogP contribution in [0, 0.1) is 5.92 Å². The molecule has 0 saturated carbocycles. The summed E-state index contributed by atoms with van der Waals surface area (Å²) in [5.74, 6) is 1.11. The molecule has 1 atom stereocenters. The number of carbonyl (C=O) groups excluding carboxylic acids is 1. The lowest BCUT2D eigenvalue weighted by molar-refractivity contribution is -0.139. The van der Waals surface area contributed by atoms with Crippen LogP contribution >= 0.6 is 0 Å². The van der Waals surface area contributed by atoms with Gasteiger partial charge in [0.2, 0.25) is 5.91 Å². The van der Waals surface area contributed by atoms with Crippen LogP contribution in [0.3, 0.4) is 0 Å². The van der Waals surface area contributed by atoms with Gasteiger partial charge in [0, 0.05) is 19.1 Å². The molecule has 3 saturated heterocycles. The minimum absolute atomic E-state index is 0.0953. The van der Waals surface area contributed by atoms with E-state index in [4.69, 9.17) is 0 Å². The van der Waals surface area contributed by atoms with Crippen molar-refractivity contribution in [2.75, 3.05) is 39.3 Å². The molecular formula is C23H35N3O. The third-order valence-corrected chi connectivity index (χ3v) is 6.97. The molecule has 0 bridgehead atoms. The van der Waals surface area contributed by atoms with Crippen molar-refractivity contribution in [2.45, 2.75) is 57.5 Å². The van der Waals surface area contributed by atoms with Gasteiger partial charge in [0.1, 0.15) is 6.04 Å². The summed E-state index contributed by atoms with van der Waals surface area (Å²) >= 11 is 0. The van der Waals surface area contributed by atoms with Crippen LogP contribution in [0.5, 0.6) is 0 Å². The molecule has 3 fully saturated rings. The Balaban J connectivity index is 1.44. The molecule has 0 unspecified atom stereocenters. The highest BCUT2D eigenvalue weighted by molar-refractivity contribution is 5.83. The molecule has 3 heterocycles. The monoisotopic (exact) mass is 369 g/mol. The van der Waals surface area contributed by atoms with Crippen molar-refractivity contribution in [1.82, 2.24) is 14.7 Å². The van der Waals surface area contributed by atoms with Gasteiger partial charge in [0.15, 0.2) is 0 Å². The molecule has 1 aromatic rings. The topological polar surface area (TPSA) is 26.8 Å². The van der Waals surface area contributed by atoms with Crippen molar-refractivity contribution in [2.24, 2.45) is 5.92 Å². The molecule has 4 rings (SSSR count). The molecule has 0 aliphatic carbocycles. The van der Waals surface area contributed by atoms with Gasteiger partial charge >= 0.3 is 0 Å². The van der Waals surface area contributed by atoms with Crippen LogP contribution in [0.4, 0.5) is 0 Å². The number of rotatable bonds is 4. The molecule has 148 valence electrons. The van der Waals surface area contributed by atoms with Gasteiger partial charge in [-0.2, -0.15) is 0 Å². The van der Waals surface area contributed by atoms with E-state index < -0.39 is 0 Å². The average molecular weight is 370 g/mol. The van der Waals surface area contributed by atoms with Crippen LogP contribution in [0.1, 0.15) is 57.1 Å². The van der Waals surface area contributed by atoms with Crippen LogP contribution in [-0.2, 0) is 4.79 Å². The molecule has 1 aromatic carbocycles. The summed E-state index contributed by atoms with van der Waals surface area (Å²) in [4.78, 5) is 20.8. The van der Waals surface area contributed by atoms with Gasteiger partial charge in [-0.1, -0.05) is 37.3 Å². The molecular weight excluding hydrogens is 334 g/mol. The third-order valence-electron chi connectivity index (χ3n) is 6.97. The molecule has 0 aromatic heterocycles. The van der Waals surface area contributed by atoms with Gasteiger partial charge in [-0.25, -0.2) is 0 Å². The highest BCUT2D eigenvalue weighted by atomic mass is 16.2. The molecule has 0 spiro atoms. The molecule has 0 N–H and O–H groups in total. The largest absolute Gasteiger partial charge is 0.341 e. The first-order valence-electron chi connectivity index (χ1n) is 11.0. The number of amides is 1. The summed E-state index contributed by atoms with van der Waals surface area (Å²) in [6, 6.07) is 11.1. The van der Waals surface area contributed by atoms with Crippen molar-refractivity contribution < 1.29 is 4.79 Å². The Morgan fingerprint density at radius 2 is 1.52 bits per heavy atom. The summed E-state index contributed by atoms with van der Waals surface area (Å²) in [7, 11) is 0. The normalized spacial score (nSPS) is 25.0.